The van der Waals surface area contributed by atoms with Gasteiger partial charge < -0.3 is 5.73 Å². The second-order valence-electron chi connectivity index (χ2n) is 5.64. The van der Waals surface area contributed by atoms with Crippen LogP contribution in [0.2, 0.25) is 5.02 Å². The van der Waals surface area contributed by atoms with Crippen molar-refractivity contribution >= 4 is 11.6 Å². The molecule has 0 amide bonds. The summed E-state index contributed by atoms with van der Waals surface area (Å²) in [6, 6.07) is 5.22. The fourth-order valence-electron chi connectivity index (χ4n) is 2.98. The Bertz CT molecular complexity index is 416. The molecule has 1 saturated heterocycles. The molecule has 1 aromatic rings. The summed E-state index contributed by atoms with van der Waals surface area (Å²) >= 11 is 5.99. The zero-order valence-corrected chi connectivity index (χ0v) is 12.3. The molecular weight excluding hydrogens is 263 g/mol. The molecule has 2 atom stereocenters. The molecule has 1 heterocycles. The van der Waals surface area contributed by atoms with E-state index in [1.165, 1.54) is 6.07 Å². The van der Waals surface area contributed by atoms with Crippen molar-refractivity contribution in [2.75, 3.05) is 6.54 Å². The van der Waals surface area contributed by atoms with E-state index >= 15 is 0 Å². The predicted molar refractivity (Wildman–Crippen MR) is 77.8 cm³/mol. The van der Waals surface area contributed by atoms with Crippen LogP contribution < -0.4 is 5.73 Å². The van der Waals surface area contributed by atoms with E-state index in [1.807, 2.05) is 6.07 Å². The zero-order chi connectivity index (χ0) is 14.0. The maximum absolute atomic E-state index is 13.6. The van der Waals surface area contributed by atoms with E-state index in [0.29, 0.717) is 11.1 Å². The molecule has 2 N–H and O–H groups in total. The monoisotopic (exact) mass is 284 g/mol. The third-order valence-electron chi connectivity index (χ3n) is 3.86. The van der Waals surface area contributed by atoms with Crippen molar-refractivity contribution in [3.05, 3.63) is 34.6 Å². The molecule has 1 fully saturated rings. The second kappa shape index (κ2) is 6.21. The fourth-order valence-corrected chi connectivity index (χ4v) is 3.21. The Hall–Kier alpha value is -0.640. The maximum Gasteiger partial charge on any atom is 0.125 e. The topological polar surface area (TPSA) is 29.3 Å². The van der Waals surface area contributed by atoms with E-state index in [0.717, 1.165) is 31.4 Å². The lowest BCUT2D eigenvalue weighted by Gasteiger charge is -2.36. The Morgan fingerprint density at radius 3 is 2.68 bits per heavy atom. The van der Waals surface area contributed by atoms with Gasteiger partial charge in [0.2, 0.25) is 0 Å². The average molecular weight is 285 g/mol. The molecule has 0 saturated carbocycles. The Labute approximate surface area is 119 Å². The number of nitrogens with two attached hydrogens (primary N) is 1. The first-order valence-electron chi connectivity index (χ1n) is 6.96. The molecule has 1 aliphatic rings. The van der Waals surface area contributed by atoms with Crippen LogP contribution in [-0.2, 0) is 0 Å². The van der Waals surface area contributed by atoms with Gasteiger partial charge in [-0.25, -0.2) is 4.39 Å². The molecule has 0 bridgehead atoms. The van der Waals surface area contributed by atoms with Crippen LogP contribution >= 0.6 is 11.6 Å². The van der Waals surface area contributed by atoms with Crippen LogP contribution in [0.15, 0.2) is 18.2 Å². The predicted octanol–water partition coefficient (Wildman–Crippen LogP) is 3.74. The van der Waals surface area contributed by atoms with Gasteiger partial charge in [-0.1, -0.05) is 18.0 Å². The van der Waals surface area contributed by atoms with Gasteiger partial charge >= 0.3 is 0 Å². The van der Waals surface area contributed by atoms with Crippen molar-refractivity contribution in [3.8, 4) is 0 Å². The van der Waals surface area contributed by atoms with Crippen LogP contribution in [0, 0.1) is 5.82 Å². The summed E-state index contributed by atoms with van der Waals surface area (Å²) in [5, 5.41) is 0.440. The quantitative estimate of drug-likeness (QED) is 0.896. The minimum absolute atomic E-state index is 0.0303. The Morgan fingerprint density at radius 1 is 1.32 bits per heavy atom. The number of rotatable bonds is 2. The molecule has 4 heteroatoms. The second-order valence-corrected chi connectivity index (χ2v) is 6.08. The standard InChI is InChI=1S/C15H22ClFN2/c1-10(2)19-6-4-3-5-14(18)15(19)11-7-12(16)9-13(17)8-11/h7-10,14-15H,3-6,18H2,1-2H3. The summed E-state index contributed by atoms with van der Waals surface area (Å²) in [5.41, 5.74) is 7.23. The average Bonchev–Trinajstić information content (AvgIpc) is 2.49. The molecule has 1 aliphatic heterocycles. The lowest BCUT2D eigenvalue weighted by atomic mass is 9.95. The molecule has 2 rings (SSSR count). The van der Waals surface area contributed by atoms with Crippen LogP contribution in [0.25, 0.3) is 0 Å². The highest BCUT2D eigenvalue weighted by Crippen LogP contribution is 2.32. The van der Waals surface area contributed by atoms with Gasteiger partial charge in [-0.05, 0) is 57.0 Å². The Balaban J connectivity index is 2.39. The summed E-state index contributed by atoms with van der Waals surface area (Å²) in [5.74, 6) is -0.289. The molecule has 0 aromatic heterocycles. The zero-order valence-electron chi connectivity index (χ0n) is 11.6. The van der Waals surface area contributed by atoms with Crippen molar-refractivity contribution < 1.29 is 4.39 Å². The summed E-state index contributed by atoms with van der Waals surface area (Å²) in [6.07, 6.45) is 3.25. The molecule has 2 nitrogen and oxygen atoms in total. The maximum atomic E-state index is 13.6. The smallest absolute Gasteiger partial charge is 0.125 e. The van der Waals surface area contributed by atoms with Crippen LogP contribution in [0.4, 0.5) is 4.39 Å². The van der Waals surface area contributed by atoms with Gasteiger partial charge in [-0.3, -0.25) is 4.90 Å². The van der Waals surface area contributed by atoms with E-state index in [9.17, 15) is 4.39 Å². The first-order valence-corrected chi connectivity index (χ1v) is 7.34. The number of halogens is 2. The lowest BCUT2D eigenvalue weighted by molar-refractivity contribution is 0.144. The highest BCUT2D eigenvalue weighted by atomic mass is 35.5. The fraction of sp³-hybridized carbons (Fsp3) is 0.600. The van der Waals surface area contributed by atoms with Gasteiger partial charge in [0.05, 0.1) is 6.04 Å². The third kappa shape index (κ3) is 3.47. The summed E-state index contributed by atoms with van der Waals surface area (Å²) in [4.78, 5) is 2.36. The summed E-state index contributed by atoms with van der Waals surface area (Å²) < 4.78 is 13.6. The molecule has 0 aliphatic carbocycles. The molecular formula is C15H22ClFN2. The van der Waals surface area contributed by atoms with Crippen molar-refractivity contribution in [1.82, 2.24) is 4.90 Å². The Morgan fingerprint density at radius 2 is 2.05 bits per heavy atom. The first kappa shape index (κ1) is 14.8. The number of nitrogens with zero attached hydrogens (tertiary/aromatic N) is 1. The van der Waals surface area contributed by atoms with E-state index in [1.54, 1.807) is 6.07 Å². The normalized spacial score (nSPS) is 25.6. The van der Waals surface area contributed by atoms with Crippen molar-refractivity contribution in [1.29, 1.82) is 0 Å². The molecule has 19 heavy (non-hydrogen) atoms. The van der Waals surface area contributed by atoms with Crippen molar-refractivity contribution in [2.45, 2.75) is 51.2 Å². The van der Waals surface area contributed by atoms with Gasteiger partial charge in [-0.15, -0.1) is 0 Å². The van der Waals surface area contributed by atoms with Crippen LogP contribution in [0.3, 0.4) is 0 Å². The molecule has 2 unspecified atom stereocenters. The summed E-state index contributed by atoms with van der Waals surface area (Å²) in [6.45, 7) is 5.32. The van der Waals surface area contributed by atoms with Gasteiger partial charge in [0.25, 0.3) is 0 Å². The van der Waals surface area contributed by atoms with Crippen molar-refractivity contribution in [2.24, 2.45) is 5.73 Å². The van der Waals surface area contributed by atoms with E-state index in [-0.39, 0.29) is 17.9 Å². The van der Waals surface area contributed by atoms with Crippen LogP contribution in [0.1, 0.15) is 44.7 Å². The first-order chi connectivity index (χ1) is 8.99. The number of likely N-dealkylation sites (tertiary alicyclic amines) is 1. The largest absolute Gasteiger partial charge is 0.326 e. The highest BCUT2D eigenvalue weighted by Gasteiger charge is 2.30. The van der Waals surface area contributed by atoms with Crippen LogP contribution in [-0.4, -0.2) is 23.5 Å². The molecule has 106 valence electrons. The van der Waals surface area contributed by atoms with Crippen molar-refractivity contribution in [3.63, 3.8) is 0 Å². The minimum atomic E-state index is -0.289. The van der Waals surface area contributed by atoms with E-state index in [4.69, 9.17) is 17.3 Å². The van der Waals surface area contributed by atoms with E-state index < -0.39 is 0 Å². The van der Waals surface area contributed by atoms with Gasteiger partial charge in [-0.2, -0.15) is 0 Å². The third-order valence-corrected chi connectivity index (χ3v) is 4.07. The van der Waals surface area contributed by atoms with Gasteiger partial charge in [0, 0.05) is 17.1 Å². The SMILES string of the molecule is CC(C)N1CCCCC(N)C1c1cc(F)cc(Cl)c1. The Kier molecular flexibility index (Phi) is 4.82. The van der Waals surface area contributed by atoms with Crippen LogP contribution in [0.5, 0.6) is 0 Å². The molecule has 1 aromatic carbocycles. The number of benzene rings is 1. The highest BCUT2D eigenvalue weighted by molar-refractivity contribution is 6.30. The molecule has 0 radical (unpaired) electrons. The van der Waals surface area contributed by atoms with E-state index in [2.05, 4.69) is 18.7 Å². The summed E-state index contributed by atoms with van der Waals surface area (Å²) in [7, 11) is 0. The molecule has 0 spiro atoms. The lowest BCUT2D eigenvalue weighted by Crippen LogP contribution is -2.43. The van der Waals surface area contributed by atoms with Gasteiger partial charge in [0.15, 0.2) is 0 Å². The van der Waals surface area contributed by atoms with Gasteiger partial charge in [0.1, 0.15) is 5.82 Å². The number of hydrogen-bond donors (Lipinski definition) is 1. The minimum Gasteiger partial charge on any atom is -0.326 e. The number of hydrogen-bond acceptors (Lipinski definition) is 2.